The van der Waals surface area contributed by atoms with Crippen molar-refractivity contribution in [3.8, 4) is 11.3 Å². The molecule has 0 spiro atoms. The van der Waals surface area contributed by atoms with Crippen LogP contribution in [-0.2, 0) is 11.2 Å². The highest BCUT2D eigenvalue weighted by Crippen LogP contribution is 2.25. The summed E-state index contributed by atoms with van der Waals surface area (Å²) in [5.74, 6) is 0.625. The van der Waals surface area contributed by atoms with Crippen LogP contribution in [0.5, 0.6) is 0 Å². The number of fused-ring (bicyclic) bond motifs is 1. The van der Waals surface area contributed by atoms with E-state index in [0.29, 0.717) is 36.5 Å². The largest absolute Gasteiger partial charge is 0.381 e. The lowest BCUT2D eigenvalue weighted by molar-refractivity contribution is 0.0673. The van der Waals surface area contributed by atoms with Gasteiger partial charge in [0, 0.05) is 31.4 Å². The van der Waals surface area contributed by atoms with Crippen LogP contribution < -0.4 is 5.56 Å². The van der Waals surface area contributed by atoms with Gasteiger partial charge in [-0.2, -0.15) is 5.10 Å². The van der Waals surface area contributed by atoms with Gasteiger partial charge in [0.2, 0.25) is 0 Å². The Labute approximate surface area is 167 Å². The van der Waals surface area contributed by atoms with Crippen molar-refractivity contribution >= 4 is 11.0 Å². The molecule has 1 aliphatic rings. The van der Waals surface area contributed by atoms with Gasteiger partial charge in [-0.25, -0.2) is 9.67 Å². The Morgan fingerprint density at radius 1 is 1.10 bits per heavy atom. The van der Waals surface area contributed by atoms with Crippen molar-refractivity contribution in [2.45, 2.75) is 25.3 Å². The van der Waals surface area contributed by atoms with Gasteiger partial charge >= 0.3 is 0 Å². The average Bonchev–Trinajstić information content (AvgIpc) is 3.20. The lowest BCUT2D eigenvalue weighted by Crippen LogP contribution is -2.21. The van der Waals surface area contributed by atoms with Gasteiger partial charge < -0.3 is 9.72 Å². The maximum Gasteiger partial charge on any atom is 0.262 e. The van der Waals surface area contributed by atoms with Gasteiger partial charge in [-0.3, -0.25) is 9.78 Å². The van der Waals surface area contributed by atoms with E-state index in [0.717, 1.165) is 29.7 Å². The first kappa shape index (κ1) is 17.8. The minimum Gasteiger partial charge on any atom is -0.381 e. The minimum atomic E-state index is -0.154. The number of hydrogen-bond acceptors (Lipinski definition) is 5. The molecule has 7 heteroatoms. The van der Waals surface area contributed by atoms with Crippen molar-refractivity contribution in [2.24, 2.45) is 0 Å². The summed E-state index contributed by atoms with van der Waals surface area (Å²) in [6, 6.07) is 14.1. The van der Waals surface area contributed by atoms with Crippen LogP contribution in [0.25, 0.3) is 22.3 Å². The van der Waals surface area contributed by atoms with Crippen LogP contribution in [0, 0.1) is 0 Å². The van der Waals surface area contributed by atoms with Crippen molar-refractivity contribution < 1.29 is 4.74 Å². The highest BCUT2D eigenvalue weighted by atomic mass is 16.5. The van der Waals surface area contributed by atoms with Crippen molar-refractivity contribution in [3.05, 3.63) is 76.6 Å². The normalized spacial score (nSPS) is 15.0. The predicted molar refractivity (Wildman–Crippen MR) is 110 cm³/mol. The zero-order valence-electron chi connectivity index (χ0n) is 15.9. The van der Waals surface area contributed by atoms with Gasteiger partial charge in [0.15, 0.2) is 5.65 Å². The number of hydrogen-bond donors (Lipinski definition) is 1. The molecule has 146 valence electrons. The summed E-state index contributed by atoms with van der Waals surface area (Å²) < 4.78 is 7.35. The summed E-state index contributed by atoms with van der Waals surface area (Å²) in [4.78, 5) is 24.8. The molecular weight excluding hydrogens is 366 g/mol. The lowest BCUT2D eigenvalue weighted by Gasteiger charge is -2.22. The smallest absolute Gasteiger partial charge is 0.262 e. The first-order valence-electron chi connectivity index (χ1n) is 9.83. The van der Waals surface area contributed by atoms with Crippen molar-refractivity contribution in [2.75, 3.05) is 13.2 Å². The van der Waals surface area contributed by atoms with Gasteiger partial charge in [0.1, 0.15) is 11.2 Å². The monoisotopic (exact) mass is 387 g/mol. The van der Waals surface area contributed by atoms with Crippen molar-refractivity contribution in [1.29, 1.82) is 0 Å². The van der Waals surface area contributed by atoms with E-state index in [1.807, 2.05) is 47.1 Å². The van der Waals surface area contributed by atoms with Crippen molar-refractivity contribution in [1.82, 2.24) is 24.7 Å². The number of aromatic nitrogens is 5. The van der Waals surface area contributed by atoms with Gasteiger partial charge in [0.05, 0.1) is 17.9 Å². The molecule has 0 aliphatic carbocycles. The number of rotatable bonds is 4. The molecule has 0 radical (unpaired) electrons. The standard InChI is InChI=1S/C22H21N5O2/c28-22-18-14-24-27(16-8-11-29-12-9-16)21(18)25-20(26-22)13-15-5-1-2-6-17(15)19-7-3-4-10-23-19/h1-7,10,14,16H,8-9,11-13H2,(H,25,26,28). The highest BCUT2D eigenvalue weighted by Gasteiger charge is 2.21. The second kappa shape index (κ2) is 7.60. The molecule has 3 aromatic heterocycles. The van der Waals surface area contributed by atoms with Gasteiger partial charge in [-0.15, -0.1) is 0 Å². The number of nitrogens with zero attached hydrogens (tertiary/aromatic N) is 4. The SMILES string of the molecule is O=c1[nH]c(Cc2ccccc2-c2ccccn2)nc2c1cnn2C1CCOCC1. The number of ether oxygens (including phenoxy) is 1. The summed E-state index contributed by atoms with van der Waals surface area (Å²) in [7, 11) is 0. The van der Waals surface area contributed by atoms with Crippen LogP contribution in [0.4, 0.5) is 0 Å². The van der Waals surface area contributed by atoms with Gasteiger partial charge in [-0.1, -0.05) is 30.3 Å². The fraction of sp³-hybridized carbons (Fsp3) is 0.273. The van der Waals surface area contributed by atoms with E-state index in [2.05, 4.69) is 15.1 Å². The molecule has 7 nitrogen and oxygen atoms in total. The topological polar surface area (TPSA) is 85.7 Å². The summed E-state index contributed by atoms with van der Waals surface area (Å²) >= 11 is 0. The minimum absolute atomic E-state index is 0.154. The zero-order chi connectivity index (χ0) is 19.6. The summed E-state index contributed by atoms with van der Waals surface area (Å²) in [6.07, 6.45) is 5.66. The number of nitrogens with one attached hydrogen (secondary N) is 1. The molecule has 0 unspecified atom stereocenters. The Kier molecular flexibility index (Phi) is 4.65. The zero-order valence-corrected chi connectivity index (χ0v) is 15.9. The Morgan fingerprint density at radius 2 is 1.93 bits per heavy atom. The quantitative estimate of drug-likeness (QED) is 0.581. The molecule has 29 heavy (non-hydrogen) atoms. The lowest BCUT2D eigenvalue weighted by atomic mass is 10.0. The van der Waals surface area contributed by atoms with Gasteiger partial charge in [0.25, 0.3) is 5.56 Å². The van der Waals surface area contributed by atoms with Crippen LogP contribution in [0.1, 0.15) is 30.3 Å². The molecule has 1 aliphatic heterocycles. The number of H-pyrrole nitrogens is 1. The molecule has 1 aromatic carbocycles. The molecular formula is C22H21N5O2. The summed E-state index contributed by atoms with van der Waals surface area (Å²) in [5.41, 5.74) is 3.49. The Bertz CT molecular complexity index is 1190. The molecule has 0 saturated carbocycles. The van der Waals surface area contributed by atoms with Gasteiger partial charge in [-0.05, 0) is 30.5 Å². The fourth-order valence-electron chi connectivity index (χ4n) is 3.89. The Hall–Kier alpha value is -3.32. The van der Waals surface area contributed by atoms with E-state index in [4.69, 9.17) is 9.72 Å². The Balaban J connectivity index is 1.54. The number of benzene rings is 1. The molecule has 5 rings (SSSR count). The second-order valence-electron chi connectivity index (χ2n) is 7.23. The van der Waals surface area contributed by atoms with Crippen LogP contribution >= 0.6 is 0 Å². The summed E-state index contributed by atoms with van der Waals surface area (Å²) in [5, 5.41) is 4.99. The predicted octanol–water partition coefficient (Wildman–Crippen LogP) is 3.12. The first-order chi connectivity index (χ1) is 14.3. The molecule has 1 saturated heterocycles. The maximum absolute atomic E-state index is 12.7. The highest BCUT2D eigenvalue weighted by molar-refractivity contribution is 5.73. The third-order valence-corrected chi connectivity index (χ3v) is 5.37. The van der Waals surface area contributed by atoms with E-state index in [1.54, 1.807) is 12.4 Å². The maximum atomic E-state index is 12.7. The van der Waals surface area contributed by atoms with E-state index >= 15 is 0 Å². The second-order valence-corrected chi connectivity index (χ2v) is 7.23. The molecule has 4 heterocycles. The van der Waals surface area contributed by atoms with E-state index in [-0.39, 0.29) is 11.6 Å². The molecule has 1 N–H and O–H groups in total. The molecule has 0 atom stereocenters. The molecule has 4 aromatic rings. The average molecular weight is 387 g/mol. The molecule has 0 amide bonds. The molecule has 1 fully saturated rings. The van der Waals surface area contributed by atoms with Crippen LogP contribution in [0.2, 0.25) is 0 Å². The van der Waals surface area contributed by atoms with Crippen LogP contribution in [0.3, 0.4) is 0 Å². The Morgan fingerprint density at radius 3 is 2.76 bits per heavy atom. The van der Waals surface area contributed by atoms with E-state index in [1.165, 1.54) is 0 Å². The number of aromatic amines is 1. The molecule has 0 bridgehead atoms. The third kappa shape index (κ3) is 3.45. The summed E-state index contributed by atoms with van der Waals surface area (Å²) in [6.45, 7) is 1.42. The van der Waals surface area contributed by atoms with Crippen LogP contribution in [-0.4, -0.2) is 37.9 Å². The third-order valence-electron chi connectivity index (χ3n) is 5.37. The fourth-order valence-corrected chi connectivity index (χ4v) is 3.89. The van der Waals surface area contributed by atoms with E-state index < -0.39 is 0 Å². The number of pyridine rings is 1. The van der Waals surface area contributed by atoms with Crippen molar-refractivity contribution in [3.63, 3.8) is 0 Å². The van der Waals surface area contributed by atoms with E-state index in [9.17, 15) is 4.79 Å². The van der Waals surface area contributed by atoms with Crippen LogP contribution in [0.15, 0.2) is 59.7 Å². The first-order valence-corrected chi connectivity index (χ1v) is 9.83.